The molecule has 3 rings (SSSR count). The summed E-state index contributed by atoms with van der Waals surface area (Å²) in [6.45, 7) is 9.68. The van der Waals surface area contributed by atoms with E-state index in [1.54, 1.807) is 0 Å². The normalized spacial score (nSPS) is 36.1. The Morgan fingerprint density at radius 3 is 2.53 bits per heavy atom. The zero-order valence-electron chi connectivity index (χ0n) is 11.5. The number of nitrogens with zero attached hydrogens (tertiary/aromatic N) is 2. The Kier molecular flexibility index (Phi) is 5.11. The molecule has 4 atom stereocenters. The standard InChI is InChI=1S/C14H23N3O.HI/c1-3-7-16-14(15-4-2)17-8-10-11(9-17)13-6-5-12(10)18-13;/h3,10-13H,1,4-9H2,2H3,(H,15,16);1H. The molecule has 0 aromatic carbocycles. The topological polar surface area (TPSA) is 36.9 Å². The van der Waals surface area contributed by atoms with Crippen LogP contribution in [0, 0.1) is 11.8 Å². The highest BCUT2D eigenvalue weighted by Gasteiger charge is 2.53. The van der Waals surface area contributed by atoms with Crippen LogP contribution in [0.5, 0.6) is 0 Å². The molecule has 0 aromatic rings. The number of ether oxygens (including phenoxy) is 1. The zero-order valence-corrected chi connectivity index (χ0v) is 13.9. The lowest BCUT2D eigenvalue weighted by Gasteiger charge is -2.23. The average molecular weight is 377 g/mol. The number of hydrogen-bond acceptors (Lipinski definition) is 2. The van der Waals surface area contributed by atoms with Gasteiger partial charge in [0, 0.05) is 31.5 Å². The fourth-order valence-corrected chi connectivity index (χ4v) is 3.71. The molecule has 3 aliphatic rings. The summed E-state index contributed by atoms with van der Waals surface area (Å²) in [5, 5.41) is 3.39. The van der Waals surface area contributed by atoms with Crippen molar-refractivity contribution in [3.63, 3.8) is 0 Å². The second kappa shape index (κ2) is 6.43. The third-order valence-corrected chi connectivity index (χ3v) is 4.46. The summed E-state index contributed by atoms with van der Waals surface area (Å²) >= 11 is 0. The molecule has 0 saturated carbocycles. The number of rotatable bonds is 3. The molecule has 0 amide bonds. The Morgan fingerprint density at radius 1 is 1.37 bits per heavy atom. The molecule has 3 heterocycles. The number of hydrogen-bond donors (Lipinski definition) is 1. The molecule has 19 heavy (non-hydrogen) atoms. The van der Waals surface area contributed by atoms with E-state index in [1.165, 1.54) is 12.8 Å². The number of likely N-dealkylation sites (tertiary alicyclic amines) is 1. The minimum atomic E-state index is 0. The lowest BCUT2D eigenvalue weighted by Crippen LogP contribution is -2.41. The van der Waals surface area contributed by atoms with E-state index in [4.69, 9.17) is 4.74 Å². The van der Waals surface area contributed by atoms with Crippen LogP contribution < -0.4 is 5.32 Å². The first-order valence-electron chi connectivity index (χ1n) is 7.13. The Balaban J connectivity index is 0.00000133. The van der Waals surface area contributed by atoms with E-state index in [1.807, 2.05) is 6.08 Å². The Morgan fingerprint density at radius 2 is 2.00 bits per heavy atom. The quantitative estimate of drug-likeness (QED) is 0.353. The van der Waals surface area contributed by atoms with Gasteiger partial charge >= 0.3 is 0 Å². The van der Waals surface area contributed by atoms with Crippen LogP contribution in [0.3, 0.4) is 0 Å². The van der Waals surface area contributed by atoms with Gasteiger partial charge in [-0.15, -0.1) is 30.6 Å². The molecule has 3 aliphatic heterocycles. The smallest absolute Gasteiger partial charge is 0.194 e. The summed E-state index contributed by atoms with van der Waals surface area (Å²) in [7, 11) is 0. The minimum absolute atomic E-state index is 0. The number of guanidine groups is 1. The van der Waals surface area contributed by atoms with Crippen molar-refractivity contribution in [3.05, 3.63) is 12.7 Å². The summed E-state index contributed by atoms with van der Waals surface area (Å²) in [4.78, 5) is 7.00. The van der Waals surface area contributed by atoms with Crippen molar-refractivity contribution in [1.29, 1.82) is 0 Å². The summed E-state index contributed by atoms with van der Waals surface area (Å²) in [6, 6.07) is 0. The van der Waals surface area contributed by atoms with Crippen LogP contribution in [-0.2, 0) is 4.74 Å². The number of aliphatic imine (C=N–C) groups is 1. The molecular weight excluding hydrogens is 353 g/mol. The van der Waals surface area contributed by atoms with Gasteiger partial charge in [-0.2, -0.15) is 0 Å². The maximum absolute atomic E-state index is 6.01. The highest BCUT2D eigenvalue weighted by Crippen LogP contribution is 2.47. The van der Waals surface area contributed by atoms with Gasteiger partial charge in [-0.1, -0.05) is 6.08 Å². The van der Waals surface area contributed by atoms with E-state index in [0.29, 0.717) is 18.8 Å². The lowest BCUT2D eigenvalue weighted by molar-refractivity contribution is 0.0767. The van der Waals surface area contributed by atoms with Crippen LogP contribution >= 0.6 is 24.0 Å². The van der Waals surface area contributed by atoms with Gasteiger partial charge in [0.1, 0.15) is 0 Å². The van der Waals surface area contributed by atoms with Gasteiger partial charge in [-0.3, -0.25) is 0 Å². The van der Waals surface area contributed by atoms with Gasteiger partial charge in [0.05, 0.1) is 18.8 Å². The molecule has 4 nitrogen and oxygen atoms in total. The van der Waals surface area contributed by atoms with E-state index >= 15 is 0 Å². The molecule has 108 valence electrons. The molecular formula is C14H24IN3O. The predicted octanol–water partition coefficient (Wildman–Crippen LogP) is 1.87. The lowest BCUT2D eigenvalue weighted by atomic mass is 9.82. The Hall–Kier alpha value is -0.300. The van der Waals surface area contributed by atoms with E-state index < -0.39 is 0 Å². The van der Waals surface area contributed by atoms with Gasteiger partial charge in [0.15, 0.2) is 5.96 Å². The zero-order chi connectivity index (χ0) is 12.5. The van der Waals surface area contributed by atoms with Gasteiger partial charge in [0.2, 0.25) is 0 Å². The molecule has 0 spiro atoms. The monoisotopic (exact) mass is 377 g/mol. The largest absolute Gasteiger partial charge is 0.374 e. The first-order chi connectivity index (χ1) is 8.83. The highest BCUT2D eigenvalue weighted by atomic mass is 127. The van der Waals surface area contributed by atoms with Crippen LogP contribution in [0.25, 0.3) is 0 Å². The maximum Gasteiger partial charge on any atom is 0.194 e. The molecule has 5 heteroatoms. The van der Waals surface area contributed by atoms with E-state index in [2.05, 4.69) is 28.7 Å². The van der Waals surface area contributed by atoms with Crippen molar-refractivity contribution in [2.75, 3.05) is 26.2 Å². The molecule has 2 bridgehead atoms. The van der Waals surface area contributed by atoms with Crippen molar-refractivity contribution in [3.8, 4) is 0 Å². The van der Waals surface area contributed by atoms with Crippen molar-refractivity contribution in [1.82, 2.24) is 10.2 Å². The summed E-state index contributed by atoms with van der Waals surface area (Å²) in [5.74, 6) is 2.51. The first kappa shape index (κ1) is 15.1. The molecule has 3 fully saturated rings. The Labute approximate surface area is 132 Å². The second-order valence-electron chi connectivity index (χ2n) is 5.51. The average Bonchev–Trinajstić information content (AvgIpc) is 3.04. The molecule has 0 aromatic heterocycles. The SMILES string of the molecule is C=CCN=C(NCC)N1CC2C3CCC(O3)C2C1.I. The van der Waals surface area contributed by atoms with Gasteiger partial charge in [-0.25, -0.2) is 4.99 Å². The van der Waals surface area contributed by atoms with Gasteiger partial charge in [0.25, 0.3) is 0 Å². The fourth-order valence-electron chi connectivity index (χ4n) is 3.71. The van der Waals surface area contributed by atoms with Crippen LogP contribution in [0.1, 0.15) is 19.8 Å². The summed E-state index contributed by atoms with van der Waals surface area (Å²) < 4.78 is 6.01. The maximum atomic E-state index is 6.01. The fraction of sp³-hybridized carbons (Fsp3) is 0.786. The van der Waals surface area contributed by atoms with E-state index in [9.17, 15) is 0 Å². The Bertz CT molecular complexity index is 343. The third kappa shape index (κ3) is 2.77. The molecule has 4 unspecified atom stereocenters. The van der Waals surface area contributed by atoms with Crippen LogP contribution in [0.2, 0.25) is 0 Å². The van der Waals surface area contributed by atoms with Crippen molar-refractivity contribution >= 4 is 29.9 Å². The number of nitrogens with one attached hydrogen (secondary N) is 1. The van der Waals surface area contributed by atoms with Crippen molar-refractivity contribution in [2.45, 2.75) is 32.0 Å². The number of halogens is 1. The minimum Gasteiger partial charge on any atom is -0.374 e. The molecule has 1 N–H and O–H groups in total. The van der Waals surface area contributed by atoms with E-state index in [0.717, 1.165) is 37.4 Å². The molecule has 0 aliphatic carbocycles. The molecule has 0 radical (unpaired) electrons. The summed E-state index contributed by atoms with van der Waals surface area (Å²) in [6.07, 6.45) is 5.42. The van der Waals surface area contributed by atoms with Crippen molar-refractivity contribution < 1.29 is 4.74 Å². The highest BCUT2D eigenvalue weighted by molar-refractivity contribution is 14.0. The van der Waals surface area contributed by atoms with Gasteiger partial charge < -0.3 is 15.0 Å². The third-order valence-electron chi connectivity index (χ3n) is 4.46. The van der Waals surface area contributed by atoms with E-state index in [-0.39, 0.29) is 24.0 Å². The predicted molar refractivity (Wildman–Crippen MR) is 88.0 cm³/mol. The second-order valence-corrected chi connectivity index (χ2v) is 5.51. The van der Waals surface area contributed by atoms with Gasteiger partial charge in [-0.05, 0) is 19.8 Å². The number of fused-ring (bicyclic) bond motifs is 5. The summed E-state index contributed by atoms with van der Waals surface area (Å²) in [5.41, 5.74) is 0. The van der Waals surface area contributed by atoms with Crippen LogP contribution in [0.15, 0.2) is 17.6 Å². The van der Waals surface area contributed by atoms with Crippen molar-refractivity contribution in [2.24, 2.45) is 16.8 Å². The molecule has 3 saturated heterocycles. The van der Waals surface area contributed by atoms with Crippen LogP contribution in [-0.4, -0.2) is 49.2 Å². The first-order valence-corrected chi connectivity index (χ1v) is 7.13. The van der Waals surface area contributed by atoms with Crippen LogP contribution in [0.4, 0.5) is 0 Å².